The number of rotatable bonds is 2. The predicted octanol–water partition coefficient (Wildman–Crippen LogP) is 3.45. The lowest BCUT2D eigenvalue weighted by molar-refractivity contribution is 0.335. The van der Waals surface area contributed by atoms with E-state index in [0.717, 1.165) is 17.6 Å². The Kier molecular flexibility index (Phi) is 3.87. The molecule has 94 valence electrons. The molecule has 3 nitrogen and oxygen atoms in total. The minimum atomic E-state index is 0.531. The molecule has 17 heavy (non-hydrogen) atoms. The molecule has 4 heteroatoms. The summed E-state index contributed by atoms with van der Waals surface area (Å²) in [7, 11) is 2.11. The Hall–Kier alpha value is -0.830. The van der Waals surface area contributed by atoms with Gasteiger partial charge in [-0.05, 0) is 25.7 Å². The minimum Gasteiger partial charge on any atom is -0.357 e. The SMILES string of the molecule is Cc1nc(Cl)cc(N(C)C2CCCC(C)C2)n1. The number of hydrogen-bond donors (Lipinski definition) is 0. The van der Waals surface area contributed by atoms with Crippen molar-refractivity contribution in [3.05, 3.63) is 17.0 Å². The molecule has 0 aromatic carbocycles. The molecule has 0 radical (unpaired) electrons. The fourth-order valence-corrected chi connectivity index (χ4v) is 2.86. The normalized spacial score (nSPS) is 24.7. The topological polar surface area (TPSA) is 29.0 Å². The maximum atomic E-state index is 5.98. The van der Waals surface area contributed by atoms with Gasteiger partial charge in [0.05, 0.1) is 0 Å². The first-order valence-electron chi connectivity index (χ1n) is 6.30. The first-order chi connectivity index (χ1) is 8.06. The summed E-state index contributed by atoms with van der Waals surface area (Å²) >= 11 is 5.98. The Balaban J connectivity index is 2.15. The van der Waals surface area contributed by atoms with Crippen molar-refractivity contribution in [2.24, 2.45) is 5.92 Å². The van der Waals surface area contributed by atoms with Crippen molar-refractivity contribution < 1.29 is 0 Å². The van der Waals surface area contributed by atoms with Crippen LogP contribution in [0.4, 0.5) is 5.82 Å². The van der Waals surface area contributed by atoms with Crippen molar-refractivity contribution in [1.29, 1.82) is 0 Å². The third-order valence-electron chi connectivity index (χ3n) is 3.61. The molecule has 0 spiro atoms. The maximum Gasteiger partial charge on any atom is 0.134 e. The monoisotopic (exact) mass is 253 g/mol. The number of hydrogen-bond acceptors (Lipinski definition) is 3. The summed E-state index contributed by atoms with van der Waals surface area (Å²) in [6, 6.07) is 2.44. The van der Waals surface area contributed by atoms with Crippen LogP contribution in [-0.4, -0.2) is 23.1 Å². The zero-order chi connectivity index (χ0) is 12.4. The smallest absolute Gasteiger partial charge is 0.134 e. The lowest BCUT2D eigenvalue weighted by Crippen LogP contribution is -2.36. The molecular formula is C13H20ClN3. The van der Waals surface area contributed by atoms with Crippen LogP contribution in [0.3, 0.4) is 0 Å². The zero-order valence-corrected chi connectivity index (χ0v) is 11.5. The van der Waals surface area contributed by atoms with Crippen LogP contribution in [0.5, 0.6) is 0 Å². The third kappa shape index (κ3) is 3.09. The highest BCUT2D eigenvalue weighted by molar-refractivity contribution is 6.29. The molecule has 0 amide bonds. The minimum absolute atomic E-state index is 0.531. The van der Waals surface area contributed by atoms with Gasteiger partial charge in [0.2, 0.25) is 0 Å². The van der Waals surface area contributed by atoms with Crippen LogP contribution in [-0.2, 0) is 0 Å². The largest absolute Gasteiger partial charge is 0.357 e. The Morgan fingerprint density at radius 1 is 1.35 bits per heavy atom. The van der Waals surface area contributed by atoms with E-state index in [1.54, 1.807) is 0 Å². The van der Waals surface area contributed by atoms with Gasteiger partial charge in [-0.25, -0.2) is 9.97 Å². The van der Waals surface area contributed by atoms with Gasteiger partial charge < -0.3 is 4.90 Å². The summed E-state index contributed by atoms with van der Waals surface area (Å²) in [5.74, 6) is 2.50. The molecule has 2 rings (SSSR count). The first-order valence-corrected chi connectivity index (χ1v) is 6.68. The van der Waals surface area contributed by atoms with Crippen LogP contribution >= 0.6 is 11.6 Å². The summed E-state index contributed by atoms with van der Waals surface area (Å²) in [4.78, 5) is 10.8. The second kappa shape index (κ2) is 5.21. The average Bonchev–Trinajstić information content (AvgIpc) is 2.26. The van der Waals surface area contributed by atoms with E-state index in [-0.39, 0.29) is 0 Å². The number of aryl methyl sites for hydroxylation is 1. The summed E-state index contributed by atoms with van der Waals surface area (Å²) in [5.41, 5.74) is 0. The summed E-state index contributed by atoms with van der Waals surface area (Å²) < 4.78 is 0. The molecule has 0 bridgehead atoms. The van der Waals surface area contributed by atoms with E-state index in [4.69, 9.17) is 11.6 Å². The van der Waals surface area contributed by atoms with Crippen LogP contribution in [0.15, 0.2) is 6.07 Å². The van der Waals surface area contributed by atoms with Gasteiger partial charge in [0.15, 0.2) is 0 Å². The van der Waals surface area contributed by atoms with E-state index < -0.39 is 0 Å². The molecular weight excluding hydrogens is 234 g/mol. The molecule has 1 aromatic heterocycles. The molecule has 1 aromatic rings. The van der Waals surface area contributed by atoms with Gasteiger partial charge in [-0.2, -0.15) is 0 Å². The molecule has 2 atom stereocenters. The van der Waals surface area contributed by atoms with Crippen molar-refractivity contribution in [3.63, 3.8) is 0 Å². The molecule has 1 heterocycles. The van der Waals surface area contributed by atoms with Crippen LogP contribution in [0, 0.1) is 12.8 Å². The van der Waals surface area contributed by atoms with Crippen LogP contribution in [0.25, 0.3) is 0 Å². The van der Waals surface area contributed by atoms with Gasteiger partial charge in [0.25, 0.3) is 0 Å². The molecule has 1 saturated carbocycles. The highest BCUT2D eigenvalue weighted by Crippen LogP contribution is 2.29. The van der Waals surface area contributed by atoms with Gasteiger partial charge in [0, 0.05) is 19.2 Å². The second-order valence-corrected chi connectivity index (χ2v) is 5.52. The number of nitrogens with zero attached hydrogens (tertiary/aromatic N) is 3. The van der Waals surface area contributed by atoms with Crippen molar-refractivity contribution >= 4 is 17.4 Å². The van der Waals surface area contributed by atoms with Gasteiger partial charge in [-0.15, -0.1) is 0 Å². The third-order valence-corrected chi connectivity index (χ3v) is 3.80. The maximum absolute atomic E-state index is 5.98. The molecule has 0 saturated heterocycles. The van der Waals surface area contributed by atoms with E-state index in [2.05, 4.69) is 28.8 Å². The Morgan fingerprint density at radius 2 is 2.12 bits per heavy atom. The lowest BCUT2D eigenvalue weighted by Gasteiger charge is -2.34. The highest BCUT2D eigenvalue weighted by atomic mass is 35.5. The second-order valence-electron chi connectivity index (χ2n) is 5.13. The molecule has 2 unspecified atom stereocenters. The van der Waals surface area contributed by atoms with Crippen LogP contribution in [0.1, 0.15) is 38.4 Å². The van der Waals surface area contributed by atoms with E-state index in [9.17, 15) is 0 Å². The standard InChI is InChI=1S/C13H20ClN3/c1-9-5-4-6-11(7-9)17(3)13-8-12(14)15-10(2)16-13/h8-9,11H,4-7H2,1-3H3. The van der Waals surface area contributed by atoms with Gasteiger partial charge >= 0.3 is 0 Å². The molecule has 0 N–H and O–H groups in total. The van der Waals surface area contributed by atoms with E-state index in [0.29, 0.717) is 11.2 Å². The van der Waals surface area contributed by atoms with Gasteiger partial charge in [-0.1, -0.05) is 31.4 Å². The zero-order valence-electron chi connectivity index (χ0n) is 10.8. The molecule has 1 fully saturated rings. The summed E-state index contributed by atoms with van der Waals surface area (Å²) in [5, 5.41) is 0.531. The van der Waals surface area contributed by atoms with E-state index in [1.165, 1.54) is 25.7 Å². The van der Waals surface area contributed by atoms with Gasteiger partial charge in [-0.3, -0.25) is 0 Å². The Labute approximate surface area is 108 Å². The van der Waals surface area contributed by atoms with Crippen molar-refractivity contribution in [3.8, 4) is 0 Å². The summed E-state index contributed by atoms with van der Waals surface area (Å²) in [6.45, 7) is 4.21. The lowest BCUT2D eigenvalue weighted by atomic mass is 9.86. The predicted molar refractivity (Wildman–Crippen MR) is 71.6 cm³/mol. The molecule has 0 aliphatic heterocycles. The van der Waals surface area contributed by atoms with E-state index >= 15 is 0 Å². The quantitative estimate of drug-likeness (QED) is 0.756. The number of halogens is 1. The Bertz CT molecular complexity index is 374. The molecule has 1 aliphatic carbocycles. The van der Waals surface area contributed by atoms with Gasteiger partial charge in [0.1, 0.15) is 16.8 Å². The fourth-order valence-electron chi connectivity index (χ4n) is 2.64. The molecule has 1 aliphatic rings. The van der Waals surface area contributed by atoms with Crippen molar-refractivity contribution in [1.82, 2.24) is 9.97 Å². The summed E-state index contributed by atoms with van der Waals surface area (Å²) in [6.07, 6.45) is 5.17. The van der Waals surface area contributed by atoms with Crippen molar-refractivity contribution in [2.45, 2.75) is 45.6 Å². The first kappa shape index (κ1) is 12.6. The number of aromatic nitrogens is 2. The fraction of sp³-hybridized carbons (Fsp3) is 0.692. The number of anilines is 1. The van der Waals surface area contributed by atoms with E-state index in [1.807, 2.05) is 13.0 Å². The highest BCUT2D eigenvalue weighted by Gasteiger charge is 2.23. The average molecular weight is 254 g/mol. The van der Waals surface area contributed by atoms with Crippen LogP contribution in [0.2, 0.25) is 5.15 Å². The van der Waals surface area contributed by atoms with Crippen LogP contribution < -0.4 is 4.90 Å². The van der Waals surface area contributed by atoms with Crippen molar-refractivity contribution in [2.75, 3.05) is 11.9 Å². The Morgan fingerprint density at radius 3 is 2.76 bits per heavy atom.